The van der Waals surface area contributed by atoms with E-state index in [0.29, 0.717) is 0 Å². The number of amides is 1. The van der Waals surface area contributed by atoms with E-state index >= 15 is 0 Å². The molecule has 0 aromatic carbocycles. The lowest BCUT2D eigenvalue weighted by atomic mass is 10.0. The number of aldehydes is 1. The molecular weight excluding hydrogens is 192 g/mol. The molecule has 0 aliphatic heterocycles. The highest BCUT2D eigenvalue weighted by Crippen LogP contribution is 2.04. The van der Waals surface area contributed by atoms with Crippen molar-refractivity contribution >= 4 is 12.2 Å². The quantitative estimate of drug-likeness (QED) is 0.636. The summed E-state index contributed by atoms with van der Waals surface area (Å²) >= 11 is 0. The molecule has 0 aromatic heterocycles. The van der Waals surface area contributed by atoms with Gasteiger partial charge in [-0.1, -0.05) is 27.7 Å². The molecule has 0 saturated heterocycles. The average Bonchev–Trinajstić information content (AvgIpc) is 2.14. The summed E-state index contributed by atoms with van der Waals surface area (Å²) in [5.74, 6) is 0.212. The van der Waals surface area contributed by atoms with E-state index in [9.17, 15) is 9.59 Å². The summed E-state index contributed by atoms with van der Waals surface area (Å²) < 4.78 is 0. The Morgan fingerprint density at radius 3 is 1.93 bits per heavy atom. The second-order valence-corrected chi connectivity index (χ2v) is 4.42. The molecule has 1 unspecified atom stereocenters. The highest BCUT2D eigenvalue weighted by Gasteiger charge is 2.23. The van der Waals surface area contributed by atoms with Crippen molar-refractivity contribution in [3.63, 3.8) is 0 Å². The maximum absolute atomic E-state index is 11.8. The third-order valence-corrected chi connectivity index (χ3v) is 2.43. The molecule has 0 aliphatic carbocycles. The first-order valence-electron chi connectivity index (χ1n) is 5.37. The van der Waals surface area contributed by atoms with Crippen LogP contribution in [0.5, 0.6) is 0 Å². The summed E-state index contributed by atoms with van der Waals surface area (Å²) in [5.41, 5.74) is 0. The van der Waals surface area contributed by atoms with Crippen LogP contribution in [0.15, 0.2) is 0 Å². The smallest absolute Gasteiger partial charge is 0.237 e. The van der Waals surface area contributed by atoms with E-state index in [4.69, 9.17) is 0 Å². The van der Waals surface area contributed by atoms with Crippen molar-refractivity contribution in [3.05, 3.63) is 0 Å². The van der Waals surface area contributed by atoms with E-state index in [2.05, 4.69) is 10.6 Å². The van der Waals surface area contributed by atoms with Gasteiger partial charge in [-0.3, -0.25) is 4.79 Å². The predicted molar refractivity (Wildman–Crippen MR) is 60.5 cm³/mol. The van der Waals surface area contributed by atoms with E-state index < -0.39 is 6.04 Å². The fourth-order valence-corrected chi connectivity index (χ4v) is 1.38. The molecule has 0 bridgehead atoms. The summed E-state index contributed by atoms with van der Waals surface area (Å²) in [6.07, 6.45) is 0.787. The Hall–Kier alpha value is -0.900. The van der Waals surface area contributed by atoms with Gasteiger partial charge in [-0.25, -0.2) is 0 Å². The minimum atomic E-state index is -0.396. The van der Waals surface area contributed by atoms with Crippen LogP contribution in [0.4, 0.5) is 0 Å². The van der Waals surface area contributed by atoms with Gasteiger partial charge in [-0.15, -0.1) is 0 Å². The predicted octanol–water partition coefficient (Wildman–Crippen LogP) is 0.570. The van der Waals surface area contributed by atoms with E-state index in [0.717, 1.165) is 6.29 Å². The van der Waals surface area contributed by atoms with Crippen LogP contribution in [0, 0.1) is 11.8 Å². The van der Waals surface area contributed by atoms with Crippen LogP contribution in [-0.2, 0) is 9.59 Å². The first-order valence-corrected chi connectivity index (χ1v) is 5.37. The summed E-state index contributed by atoms with van der Waals surface area (Å²) in [5, 5.41) is 5.67. The Balaban J connectivity index is 4.38. The molecule has 2 N–H and O–H groups in total. The van der Waals surface area contributed by atoms with Crippen LogP contribution in [0.1, 0.15) is 27.7 Å². The van der Waals surface area contributed by atoms with Gasteiger partial charge < -0.3 is 15.4 Å². The minimum Gasteiger partial charge on any atom is -0.345 e. The Morgan fingerprint density at radius 1 is 1.13 bits per heavy atom. The minimum absolute atomic E-state index is 0.113. The number of hydrogen-bond donors (Lipinski definition) is 2. The number of carbonyl (C=O) groups excluding carboxylic acids is 2. The Bertz CT molecular complexity index is 215. The molecule has 0 heterocycles. The molecule has 4 nitrogen and oxygen atoms in total. The maximum Gasteiger partial charge on any atom is 0.237 e. The van der Waals surface area contributed by atoms with E-state index in [1.54, 1.807) is 7.05 Å². The molecule has 0 saturated carbocycles. The van der Waals surface area contributed by atoms with Crippen molar-refractivity contribution in [3.8, 4) is 0 Å². The second kappa shape index (κ2) is 6.56. The molecular formula is C11H22N2O2. The number of rotatable bonds is 6. The number of carbonyl (C=O) groups is 2. The van der Waals surface area contributed by atoms with Gasteiger partial charge in [-0.2, -0.15) is 0 Å². The molecule has 0 rings (SSSR count). The van der Waals surface area contributed by atoms with Gasteiger partial charge in [0.05, 0.1) is 12.1 Å². The van der Waals surface area contributed by atoms with Crippen molar-refractivity contribution in [1.82, 2.24) is 10.6 Å². The average molecular weight is 214 g/mol. The highest BCUT2D eigenvalue weighted by atomic mass is 16.2. The SMILES string of the molecule is CNC(C(=O)N[C@H](C=O)C(C)C)C(C)C. The van der Waals surface area contributed by atoms with Gasteiger partial charge in [-0.05, 0) is 18.9 Å². The van der Waals surface area contributed by atoms with Crippen LogP contribution in [-0.4, -0.2) is 31.3 Å². The van der Waals surface area contributed by atoms with Crippen molar-refractivity contribution in [2.24, 2.45) is 11.8 Å². The fraction of sp³-hybridized carbons (Fsp3) is 0.818. The van der Waals surface area contributed by atoms with E-state index in [1.807, 2.05) is 27.7 Å². The summed E-state index contributed by atoms with van der Waals surface area (Å²) in [4.78, 5) is 22.5. The molecule has 0 fully saturated rings. The van der Waals surface area contributed by atoms with Crippen LogP contribution in [0.2, 0.25) is 0 Å². The van der Waals surface area contributed by atoms with Gasteiger partial charge in [0.15, 0.2) is 0 Å². The second-order valence-electron chi connectivity index (χ2n) is 4.42. The molecule has 0 spiro atoms. The summed E-state index contributed by atoms with van der Waals surface area (Å²) in [6.45, 7) is 7.74. The molecule has 0 radical (unpaired) electrons. The molecule has 1 amide bonds. The molecule has 15 heavy (non-hydrogen) atoms. The van der Waals surface area contributed by atoms with Crippen LogP contribution < -0.4 is 10.6 Å². The third-order valence-electron chi connectivity index (χ3n) is 2.43. The highest BCUT2D eigenvalue weighted by molar-refractivity contribution is 5.84. The first-order chi connectivity index (χ1) is 6.93. The van der Waals surface area contributed by atoms with Crippen molar-refractivity contribution in [2.75, 3.05) is 7.05 Å². The van der Waals surface area contributed by atoms with Gasteiger partial charge >= 0.3 is 0 Å². The van der Waals surface area contributed by atoms with Crippen LogP contribution in [0.3, 0.4) is 0 Å². The molecule has 88 valence electrons. The topological polar surface area (TPSA) is 58.2 Å². The van der Waals surface area contributed by atoms with Crippen LogP contribution >= 0.6 is 0 Å². The van der Waals surface area contributed by atoms with Crippen molar-refractivity contribution in [1.29, 1.82) is 0 Å². The van der Waals surface area contributed by atoms with Gasteiger partial charge in [0.1, 0.15) is 6.29 Å². The van der Waals surface area contributed by atoms with Crippen molar-refractivity contribution < 1.29 is 9.59 Å². The Kier molecular flexibility index (Phi) is 6.17. The van der Waals surface area contributed by atoms with Crippen LogP contribution in [0.25, 0.3) is 0 Å². The lowest BCUT2D eigenvalue weighted by molar-refractivity contribution is -0.127. The number of hydrogen-bond acceptors (Lipinski definition) is 3. The van der Waals surface area contributed by atoms with E-state index in [1.165, 1.54) is 0 Å². The monoisotopic (exact) mass is 214 g/mol. The van der Waals surface area contributed by atoms with Gasteiger partial charge in [0.2, 0.25) is 5.91 Å². The lowest BCUT2D eigenvalue weighted by Crippen LogP contribution is -2.51. The first kappa shape index (κ1) is 14.1. The zero-order valence-electron chi connectivity index (χ0n) is 10.2. The molecule has 4 heteroatoms. The normalized spacial score (nSPS) is 15.1. The van der Waals surface area contributed by atoms with Gasteiger partial charge in [0.25, 0.3) is 0 Å². The maximum atomic E-state index is 11.8. The summed E-state index contributed by atoms with van der Waals surface area (Å²) in [7, 11) is 1.75. The standard InChI is InChI=1S/C11H22N2O2/c1-7(2)9(6-14)13-11(15)10(12-5)8(3)4/h6-10,12H,1-5H3,(H,13,15)/t9-,10?/m1/s1. The molecule has 0 aromatic rings. The summed E-state index contributed by atoms with van der Waals surface area (Å²) in [6, 6.07) is -0.640. The Labute approximate surface area is 91.8 Å². The van der Waals surface area contributed by atoms with E-state index in [-0.39, 0.29) is 23.8 Å². The third kappa shape index (κ3) is 4.42. The largest absolute Gasteiger partial charge is 0.345 e. The molecule has 2 atom stereocenters. The number of likely N-dealkylation sites (N-methyl/N-ethyl adjacent to an activating group) is 1. The molecule has 0 aliphatic rings. The zero-order chi connectivity index (χ0) is 12.0. The Morgan fingerprint density at radius 2 is 1.67 bits per heavy atom. The lowest BCUT2D eigenvalue weighted by Gasteiger charge is -2.23. The fourth-order valence-electron chi connectivity index (χ4n) is 1.38. The zero-order valence-corrected chi connectivity index (χ0v) is 10.2. The van der Waals surface area contributed by atoms with Gasteiger partial charge in [0, 0.05) is 0 Å². The van der Waals surface area contributed by atoms with Crippen molar-refractivity contribution in [2.45, 2.75) is 39.8 Å². The number of nitrogens with one attached hydrogen (secondary N) is 2.